The van der Waals surface area contributed by atoms with Crippen molar-refractivity contribution >= 4 is 16.7 Å². The Kier molecular flexibility index (Phi) is 5.18. The monoisotopic (exact) mass is 343 g/mol. The average Bonchev–Trinajstić information content (AvgIpc) is 2.62. The van der Waals surface area contributed by atoms with E-state index in [1.165, 1.54) is 4.68 Å². The van der Waals surface area contributed by atoms with Crippen LogP contribution in [0.5, 0.6) is 0 Å². The number of hydrogen-bond acceptors (Lipinski definition) is 4. The molecule has 1 fully saturated rings. The van der Waals surface area contributed by atoms with Crippen LogP contribution in [0.15, 0.2) is 29.1 Å². The third kappa shape index (κ3) is 3.31. The van der Waals surface area contributed by atoms with Crippen molar-refractivity contribution in [3.05, 3.63) is 40.3 Å². The zero-order valence-electron chi connectivity index (χ0n) is 14.8. The zero-order valence-corrected chi connectivity index (χ0v) is 14.8. The van der Waals surface area contributed by atoms with Crippen molar-refractivity contribution in [1.82, 2.24) is 14.7 Å². The highest BCUT2D eigenvalue weighted by molar-refractivity contribution is 6.04. The van der Waals surface area contributed by atoms with Crippen LogP contribution in [-0.2, 0) is 0 Å². The summed E-state index contributed by atoms with van der Waals surface area (Å²) in [6, 6.07) is 7.06. The van der Waals surface area contributed by atoms with Crippen molar-refractivity contribution < 1.29 is 9.90 Å². The van der Waals surface area contributed by atoms with Crippen molar-refractivity contribution in [3.8, 4) is 0 Å². The van der Waals surface area contributed by atoms with E-state index in [2.05, 4.69) is 5.10 Å². The molecule has 1 aliphatic rings. The van der Waals surface area contributed by atoms with E-state index in [4.69, 9.17) is 0 Å². The van der Waals surface area contributed by atoms with Gasteiger partial charge in [0.2, 0.25) is 0 Å². The summed E-state index contributed by atoms with van der Waals surface area (Å²) in [5.41, 5.74) is 0.154. The van der Waals surface area contributed by atoms with Crippen LogP contribution in [0.25, 0.3) is 10.8 Å². The lowest BCUT2D eigenvalue weighted by molar-refractivity contribution is 0.0568. The molecule has 1 atom stereocenters. The fourth-order valence-corrected chi connectivity index (χ4v) is 3.57. The van der Waals surface area contributed by atoms with Crippen LogP contribution in [0.3, 0.4) is 0 Å². The van der Waals surface area contributed by atoms with E-state index >= 15 is 0 Å². The van der Waals surface area contributed by atoms with Gasteiger partial charge >= 0.3 is 0 Å². The van der Waals surface area contributed by atoms with Crippen molar-refractivity contribution in [2.24, 2.45) is 0 Å². The second-order valence-electron chi connectivity index (χ2n) is 6.90. The quantitative estimate of drug-likeness (QED) is 0.925. The Bertz CT molecular complexity index is 826. The molecule has 25 heavy (non-hydrogen) atoms. The molecule has 0 radical (unpaired) electrons. The Morgan fingerprint density at radius 1 is 1.28 bits per heavy atom. The molecule has 1 amide bonds. The van der Waals surface area contributed by atoms with E-state index in [1.54, 1.807) is 18.2 Å². The standard InChI is InChI=1S/C19H25N3O3/c1-13(2)22-18(24)16-9-4-3-8-15(16)17(20-22)19(25)21-11-6-5-7-14(21)10-12-23/h3-4,8-9,13-14,23H,5-7,10-12H2,1-2H3. The first kappa shape index (κ1) is 17.6. The van der Waals surface area contributed by atoms with E-state index in [9.17, 15) is 14.7 Å². The number of carbonyl (C=O) groups excluding carboxylic acids is 1. The minimum atomic E-state index is -0.173. The number of piperidine rings is 1. The fourth-order valence-electron chi connectivity index (χ4n) is 3.57. The lowest BCUT2D eigenvalue weighted by Gasteiger charge is -2.35. The minimum Gasteiger partial charge on any atom is -0.396 e. The molecule has 1 unspecified atom stereocenters. The number of likely N-dealkylation sites (tertiary alicyclic amines) is 1. The number of amides is 1. The van der Waals surface area contributed by atoms with E-state index in [0.717, 1.165) is 19.3 Å². The van der Waals surface area contributed by atoms with Gasteiger partial charge in [-0.15, -0.1) is 0 Å². The number of rotatable bonds is 4. The molecule has 0 saturated carbocycles. The lowest BCUT2D eigenvalue weighted by atomic mass is 9.98. The van der Waals surface area contributed by atoms with Crippen molar-refractivity contribution in [1.29, 1.82) is 0 Å². The maximum atomic E-state index is 13.3. The van der Waals surface area contributed by atoms with Gasteiger partial charge < -0.3 is 10.0 Å². The van der Waals surface area contributed by atoms with Gasteiger partial charge in [-0.3, -0.25) is 9.59 Å². The lowest BCUT2D eigenvalue weighted by Crippen LogP contribution is -2.45. The third-order valence-corrected chi connectivity index (χ3v) is 4.87. The van der Waals surface area contributed by atoms with Gasteiger partial charge in [-0.05, 0) is 45.6 Å². The molecule has 1 saturated heterocycles. The maximum Gasteiger partial charge on any atom is 0.275 e. The first-order chi connectivity index (χ1) is 12.0. The molecule has 0 bridgehead atoms. The Morgan fingerprint density at radius 2 is 2.00 bits per heavy atom. The van der Waals surface area contributed by atoms with E-state index < -0.39 is 0 Å². The highest BCUT2D eigenvalue weighted by atomic mass is 16.3. The Morgan fingerprint density at radius 3 is 2.68 bits per heavy atom. The van der Waals surface area contributed by atoms with E-state index in [0.29, 0.717) is 29.4 Å². The zero-order chi connectivity index (χ0) is 18.0. The van der Waals surface area contributed by atoms with E-state index in [1.807, 2.05) is 24.8 Å². The number of carbonyl (C=O) groups is 1. The summed E-state index contributed by atoms with van der Waals surface area (Å²) < 4.78 is 1.39. The van der Waals surface area contributed by atoms with Gasteiger partial charge in [-0.2, -0.15) is 5.10 Å². The summed E-state index contributed by atoms with van der Waals surface area (Å²) in [5.74, 6) is -0.149. The summed E-state index contributed by atoms with van der Waals surface area (Å²) in [6.45, 7) is 4.49. The number of aliphatic hydroxyl groups is 1. The van der Waals surface area contributed by atoms with Crippen molar-refractivity contribution in [2.75, 3.05) is 13.2 Å². The van der Waals surface area contributed by atoms with Gasteiger partial charge in [0.05, 0.1) is 11.4 Å². The molecule has 1 aliphatic heterocycles. The maximum absolute atomic E-state index is 13.3. The smallest absolute Gasteiger partial charge is 0.275 e. The number of benzene rings is 1. The Labute approximate surface area is 147 Å². The van der Waals surface area contributed by atoms with Gasteiger partial charge in [0, 0.05) is 24.6 Å². The second kappa shape index (κ2) is 7.35. The van der Waals surface area contributed by atoms with Crippen LogP contribution >= 0.6 is 0 Å². The molecular weight excluding hydrogens is 318 g/mol. The molecule has 6 nitrogen and oxygen atoms in total. The molecule has 1 aromatic carbocycles. The molecule has 6 heteroatoms. The van der Waals surface area contributed by atoms with Crippen LogP contribution in [0, 0.1) is 0 Å². The number of aliphatic hydroxyl groups excluding tert-OH is 1. The van der Waals surface area contributed by atoms with Crippen LogP contribution in [0.1, 0.15) is 56.1 Å². The fraction of sp³-hybridized carbons (Fsp3) is 0.526. The van der Waals surface area contributed by atoms with Crippen LogP contribution < -0.4 is 5.56 Å². The Balaban J connectivity index is 2.12. The summed E-state index contributed by atoms with van der Waals surface area (Å²) >= 11 is 0. The highest BCUT2D eigenvalue weighted by Crippen LogP contribution is 2.24. The summed E-state index contributed by atoms with van der Waals surface area (Å²) in [6.07, 6.45) is 3.49. The first-order valence-electron chi connectivity index (χ1n) is 8.98. The van der Waals surface area contributed by atoms with Gasteiger partial charge in [0.25, 0.3) is 11.5 Å². The second-order valence-corrected chi connectivity index (χ2v) is 6.90. The predicted molar refractivity (Wildman–Crippen MR) is 96.8 cm³/mol. The molecule has 2 heterocycles. The van der Waals surface area contributed by atoms with Gasteiger partial charge in [0.15, 0.2) is 5.69 Å². The third-order valence-electron chi connectivity index (χ3n) is 4.87. The molecule has 0 spiro atoms. The van der Waals surface area contributed by atoms with Gasteiger partial charge in [-0.1, -0.05) is 18.2 Å². The van der Waals surface area contributed by atoms with Crippen LogP contribution in [-0.4, -0.2) is 44.9 Å². The van der Waals surface area contributed by atoms with Crippen LogP contribution in [0.2, 0.25) is 0 Å². The van der Waals surface area contributed by atoms with Crippen molar-refractivity contribution in [2.45, 2.75) is 51.6 Å². The average molecular weight is 343 g/mol. The number of nitrogens with zero attached hydrogens (tertiary/aromatic N) is 3. The number of fused-ring (bicyclic) bond motifs is 1. The van der Waals surface area contributed by atoms with E-state index in [-0.39, 0.29) is 30.2 Å². The van der Waals surface area contributed by atoms with Gasteiger partial charge in [0.1, 0.15) is 0 Å². The normalized spacial score (nSPS) is 18.1. The SMILES string of the molecule is CC(C)n1nc(C(=O)N2CCCCC2CCO)c2ccccc2c1=O. The van der Waals surface area contributed by atoms with Crippen LogP contribution in [0.4, 0.5) is 0 Å². The molecule has 3 rings (SSSR count). The molecular formula is C19H25N3O3. The molecule has 134 valence electrons. The summed E-state index contributed by atoms with van der Waals surface area (Å²) in [5, 5.41) is 14.9. The summed E-state index contributed by atoms with van der Waals surface area (Å²) in [7, 11) is 0. The van der Waals surface area contributed by atoms with Crippen molar-refractivity contribution in [3.63, 3.8) is 0 Å². The summed E-state index contributed by atoms with van der Waals surface area (Å²) in [4.78, 5) is 27.7. The molecule has 0 aliphatic carbocycles. The molecule has 1 N–H and O–H groups in total. The number of aromatic nitrogens is 2. The van der Waals surface area contributed by atoms with Gasteiger partial charge in [-0.25, -0.2) is 4.68 Å². The highest BCUT2D eigenvalue weighted by Gasteiger charge is 2.29. The molecule has 1 aromatic heterocycles. The largest absolute Gasteiger partial charge is 0.396 e. The number of hydrogen-bond donors (Lipinski definition) is 1. The first-order valence-corrected chi connectivity index (χ1v) is 8.98. The Hall–Kier alpha value is -2.21. The predicted octanol–water partition coefficient (Wildman–Crippen LogP) is 2.35. The topological polar surface area (TPSA) is 75.4 Å². The minimum absolute atomic E-state index is 0.0336. The molecule has 2 aromatic rings.